The Kier molecular flexibility index (Phi) is 8.67. The average Bonchev–Trinajstić information content (AvgIpc) is 3.78. The fourth-order valence-electron chi connectivity index (χ4n) is 5.52. The molecule has 4 aromatic heterocycles. The van der Waals surface area contributed by atoms with E-state index in [0.717, 1.165) is 17.2 Å². The molecule has 3 aliphatic heterocycles. The molecule has 1 fully saturated rings. The van der Waals surface area contributed by atoms with Crippen LogP contribution in [0.4, 0.5) is 24.9 Å². The Morgan fingerprint density at radius 1 is 1.14 bits per heavy atom. The van der Waals surface area contributed by atoms with Crippen LogP contribution in [0.1, 0.15) is 12.5 Å². The molecule has 1 saturated heterocycles. The highest BCUT2D eigenvalue weighted by Gasteiger charge is 2.53. The van der Waals surface area contributed by atoms with Gasteiger partial charge in [0, 0.05) is 6.20 Å². The van der Waals surface area contributed by atoms with E-state index in [-0.39, 0.29) is 28.6 Å². The maximum absolute atomic E-state index is 13.4. The van der Waals surface area contributed by atoms with Crippen molar-refractivity contribution in [1.82, 2.24) is 34.1 Å². The fourth-order valence-corrected chi connectivity index (χ4v) is 7.70. The molecular weight excluding hydrogens is 745 g/mol. The van der Waals surface area contributed by atoms with Crippen LogP contribution in [0.2, 0.25) is 0 Å². The van der Waals surface area contributed by atoms with Crippen molar-refractivity contribution in [2.75, 3.05) is 31.3 Å². The SMILES string of the molecule is Nc1nc2c(ncn2[C@@H]2O[C@@H]3COP(=O)(O)OC4=C(COP(O)(=S)OC2C3OCC(F)(F)F)O[C@@H](n2ccc3c(N)ncnc32)C4O)c(=O)[nH]1. The van der Waals surface area contributed by atoms with Crippen molar-refractivity contribution in [2.24, 2.45) is 0 Å². The maximum atomic E-state index is 13.4. The van der Waals surface area contributed by atoms with Crippen LogP contribution in [-0.4, -0.2) is 99.4 Å². The zero-order valence-corrected chi connectivity index (χ0v) is 27.3. The van der Waals surface area contributed by atoms with Gasteiger partial charge in [0.1, 0.15) is 49.3 Å². The van der Waals surface area contributed by atoms with Gasteiger partial charge in [0.2, 0.25) is 12.2 Å². The van der Waals surface area contributed by atoms with Crippen LogP contribution < -0.4 is 17.0 Å². The lowest BCUT2D eigenvalue weighted by atomic mass is 10.1. The zero-order valence-electron chi connectivity index (χ0n) is 24.7. The predicted molar refractivity (Wildman–Crippen MR) is 162 cm³/mol. The molecule has 5 unspecified atom stereocenters. The van der Waals surface area contributed by atoms with Gasteiger partial charge in [0.25, 0.3) is 5.56 Å². The fraction of sp³-hybridized carbons (Fsp3) is 0.435. The topological polar surface area (TPSA) is 289 Å². The molecule has 21 nitrogen and oxygen atoms in total. The molecule has 0 radical (unpaired) electrons. The van der Waals surface area contributed by atoms with Crippen LogP contribution in [0.3, 0.4) is 0 Å². The van der Waals surface area contributed by atoms with E-state index in [1.165, 1.54) is 16.8 Å². The van der Waals surface area contributed by atoms with Crippen molar-refractivity contribution in [3.63, 3.8) is 0 Å². The quantitative estimate of drug-likeness (QED) is 0.154. The van der Waals surface area contributed by atoms with Crippen LogP contribution in [0.5, 0.6) is 0 Å². The zero-order chi connectivity index (χ0) is 35.7. The molecule has 0 aliphatic carbocycles. The van der Waals surface area contributed by atoms with Crippen molar-refractivity contribution >= 4 is 60.3 Å². The van der Waals surface area contributed by atoms with Gasteiger partial charge in [-0.15, -0.1) is 0 Å². The maximum Gasteiger partial charge on any atom is 0.527 e. The Morgan fingerprint density at radius 3 is 2.68 bits per heavy atom. The van der Waals surface area contributed by atoms with E-state index in [1.54, 1.807) is 0 Å². The summed E-state index contributed by atoms with van der Waals surface area (Å²) < 4.78 is 94.0. The Hall–Kier alpha value is -3.74. The smallest absolute Gasteiger partial charge is 0.465 e. The number of anilines is 2. The van der Waals surface area contributed by atoms with Gasteiger partial charge in [0.15, 0.2) is 35.0 Å². The number of aromatic nitrogens is 7. The van der Waals surface area contributed by atoms with E-state index in [4.69, 9.17) is 55.6 Å². The number of rotatable bonds is 4. The lowest BCUT2D eigenvalue weighted by Gasteiger charge is -2.28. The summed E-state index contributed by atoms with van der Waals surface area (Å²) in [5.41, 5.74) is 10.5. The number of aliphatic hydroxyl groups is 1. The Bertz CT molecular complexity index is 2160. The number of imidazole rings is 1. The number of hydrogen-bond acceptors (Lipinski definition) is 17. The number of hydrogen-bond donors (Lipinski definition) is 6. The number of nitrogens with zero attached hydrogens (tertiary/aromatic N) is 6. The number of ether oxygens (including phenoxy) is 3. The number of nitrogens with one attached hydrogen (secondary N) is 1. The van der Waals surface area contributed by atoms with E-state index in [9.17, 15) is 37.4 Å². The van der Waals surface area contributed by atoms with Crippen LogP contribution in [-0.2, 0) is 48.7 Å². The normalized spacial score (nSPS) is 32.3. The van der Waals surface area contributed by atoms with Gasteiger partial charge in [-0.25, -0.2) is 19.5 Å². The Morgan fingerprint density at radius 2 is 1.92 bits per heavy atom. The minimum absolute atomic E-state index is 0.109. The van der Waals surface area contributed by atoms with Crippen molar-refractivity contribution < 1.29 is 64.9 Å². The summed E-state index contributed by atoms with van der Waals surface area (Å²) in [4.78, 5) is 52.5. The average molecular weight is 770 g/mol. The Labute approximate surface area is 280 Å². The van der Waals surface area contributed by atoms with E-state index in [0.29, 0.717) is 5.39 Å². The highest BCUT2D eigenvalue weighted by atomic mass is 32.5. The number of alkyl halides is 3. The second-order valence-corrected chi connectivity index (χ2v) is 15.0. The molecule has 7 rings (SSSR count). The molecule has 8 N–H and O–H groups in total. The van der Waals surface area contributed by atoms with Crippen LogP contribution in [0.15, 0.2) is 41.2 Å². The number of phosphoric ester groups is 1. The third-order valence-corrected chi connectivity index (χ3v) is 10.0. The van der Waals surface area contributed by atoms with Crippen LogP contribution >= 0.6 is 14.5 Å². The Balaban J connectivity index is 1.25. The number of nitrogens with two attached hydrogens (primary N) is 2. The summed E-state index contributed by atoms with van der Waals surface area (Å²) in [5.74, 6) is -1.37. The molecule has 50 heavy (non-hydrogen) atoms. The molecule has 0 saturated carbocycles. The second kappa shape index (κ2) is 12.5. The van der Waals surface area contributed by atoms with E-state index >= 15 is 0 Å². The standard InChI is InChI=1S/C23H24F3N9O12P2S/c24-23(25,26)5-41-14-10-3-42-48(38,39)46-13-9(44-20(12(13)36)34-2-1-8-16(27)29-6-30-17(8)34)4-43-49(40,50)47-15(14)21(45-10)35-7-31-11-18(35)32-22(28)33-19(11)37/h1-2,6-7,10,12,14-15,20-21,36H,3-5H2,(H,38,39)(H,40,50)(H2,27,29,30)(H3,28,32,33,37)/t10-,12?,14?,15?,20-,21-,49?/m1/s1. The lowest BCUT2D eigenvalue weighted by Crippen LogP contribution is -2.40. The number of nitrogen functional groups attached to an aromatic ring is 2. The molecule has 0 spiro atoms. The van der Waals surface area contributed by atoms with Gasteiger partial charge >= 0.3 is 20.7 Å². The van der Waals surface area contributed by atoms with Crippen molar-refractivity contribution in [2.45, 2.75) is 43.0 Å². The number of phosphoric acid groups is 1. The second-order valence-electron chi connectivity index (χ2n) is 10.9. The van der Waals surface area contributed by atoms with E-state index in [2.05, 4.69) is 24.9 Å². The van der Waals surface area contributed by atoms with Gasteiger partial charge in [0.05, 0.1) is 18.3 Å². The molecule has 0 aromatic carbocycles. The van der Waals surface area contributed by atoms with Crippen LogP contribution in [0.25, 0.3) is 22.2 Å². The van der Waals surface area contributed by atoms with Crippen molar-refractivity contribution in [3.8, 4) is 0 Å². The van der Waals surface area contributed by atoms with Gasteiger partial charge in [-0.2, -0.15) is 18.2 Å². The molecule has 0 amide bonds. The molecule has 3 aliphatic rings. The first kappa shape index (κ1) is 34.7. The number of H-pyrrole nitrogens is 1. The third kappa shape index (κ3) is 6.57. The molecule has 4 aromatic rings. The van der Waals surface area contributed by atoms with Gasteiger partial charge in [-0.1, -0.05) is 0 Å². The van der Waals surface area contributed by atoms with Crippen LogP contribution in [0, 0.1) is 0 Å². The molecular formula is C23H24F3N9O12P2S. The first-order chi connectivity index (χ1) is 23.5. The predicted octanol–water partition coefficient (Wildman–Crippen LogP) is 0.441. The number of aliphatic hydroxyl groups excluding tert-OH is 1. The largest absolute Gasteiger partial charge is 0.527 e. The van der Waals surface area contributed by atoms with E-state index in [1.807, 2.05) is 0 Å². The molecule has 8 atom stereocenters. The number of halogens is 3. The summed E-state index contributed by atoms with van der Waals surface area (Å²) in [6.07, 6.45) is -11.4. The first-order valence-corrected chi connectivity index (χ1v) is 18.1. The molecule has 7 heterocycles. The van der Waals surface area contributed by atoms with Gasteiger partial charge in [-0.3, -0.25) is 32.9 Å². The first-order valence-electron chi connectivity index (χ1n) is 14.0. The third-order valence-electron chi connectivity index (χ3n) is 7.57. The summed E-state index contributed by atoms with van der Waals surface area (Å²) in [6.45, 7) is -8.30. The summed E-state index contributed by atoms with van der Waals surface area (Å²) in [5, 5.41) is 11.6. The highest BCUT2D eigenvalue weighted by molar-refractivity contribution is 8.07. The molecule has 270 valence electrons. The summed E-state index contributed by atoms with van der Waals surface area (Å²) in [6, 6.07) is 1.52. The number of aromatic amines is 1. The monoisotopic (exact) mass is 769 g/mol. The van der Waals surface area contributed by atoms with E-state index < -0.39 is 94.5 Å². The summed E-state index contributed by atoms with van der Waals surface area (Å²) >= 11 is 5.19. The number of fused-ring (bicyclic) bond motifs is 4. The van der Waals surface area contributed by atoms with Crippen molar-refractivity contribution in [1.29, 1.82) is 0 Å². The molecule has 27 heteroatoms. The highest BCUT2D eigenvalue weighted by Crippen LogP contribution is 2.55. The molecule has 2 bridgehead atoms. The minimum atomic E-state index is -5.27. The van der Waals surface area contributed by atoms with Crippen molar-refractivity contribution in [3.05, 3.63) is 46.8 Å². The lowest BCUT2D eigenvalue weighted by molar-refractivity contribution is -0.196. The van der Waals surface area contributed by atoms with Gasteiger partial charge in [-0.05, 0) is 17.9 Å². The van der Waals surface area contributed by atoms with Gasteiger partial charge < -0.3 is 44.7 Å². The minimum Gasteiger partial charge on any atom is -0.465 e. The summed E-state index contributed by atoms with van der Waals surface area (Å²) in [7, 11) is -5.27.